The van der Waals surface area contributed by atoms with Crippen LogP contribution in [-0.2, 0) is 6.42 Å². The summed E-state index contributed by atoms with van der Waals surface area (Å²) in [7, 11) is 6.87. The van der Waals surface area contributed by atoms with Crippen LogP contribution in [0.2, 0.25) is 0 Å². The van der Waals surface area contributed by atoms with Crippen molar-refractivity contribution in [1.82, 2.24) is 15.1 Å². The van der Waals surface area contributed by atoms with Crippen LogP contribution in [0.25, 0.3) is 0 Å². The number of alkyl halides is 3. The number of hydrogen-bond acceptors (Lipinski definition) is 4. The van der Waals surface area contributed by atoms with Crippen molar-refractivity contribution in [3.8, 4) is 11.5 Å². The molecule has 0 spiro atoms. The van der Waals surface area contributed by atoms with E-state index in [1.165, 1.54) is 4.90 Å². The first-order chi connectivity index (χ1) is 13.8. The Hall–Kier alpha value is -1.43. The molecule has 0 aromatic heterocycles. The van der Waals surface area contributed by atoms with Crippen LogP contribution in [0.15, 0.2) is 23.2 Å². The van der Waals surface area contributed by atoms with Crippen LogP contribution in [0.4, 0.5) is 13.2 Å². The van der Waals surface area contributed by atoms with Crippen molar-refractivity contribution in [2.45, 2.75) is 19.0 Å². The summed E-state index contributed by atoms with van der Waals surface area (Å²) in [5, 5.41) is 3.29. The molecule has 1 aromatic carbocycles. The van der Waals surface area contributed by atoms with Crippen molar-refractivity contribution in [2.24, 2.45) is 10.9 Å². The lowest BCUT2D eigenvalue weighted by molar-refractivity contribution is -0.143. The molecule has 172 valence electrons. The van der Waals surface area contributed by atoms with Crippen molar-refractivity contribution in [1.29, 1.82) is 0 Å². The van der Waals surface area contributed by atoms with E-state index in [4.69, 9.17) is 9.47 Å². The van der Waals surface area contributed by atoms with E-state index in [-0.39, 0.29) is 29.9 Å². The highest BCUT2D eigenvalue weighted by molar-refractivity contribution is 14.0. The van der Waals surface area contributed by atoms with Crippen LogP contribution in [0.3, 0.4) is 0 Å². The summed E-state index contributed by atoms with van der Waals surface area (Å²) in [5.41, 5.74) is 1.11. The van der Waals surface area contributed by atoms with Crippen LogP contribution >= 0.6 is 24.0 Å². The molecule has 1 N–H and O–H groups in total. The zero-order valence-corrected chi connectivity index (χ0v) is 20.3. The molecule has 1 aliphatic rings. The van der Waals surface area contributed by atoms with Gasteiger partial charge in [-0.2, -0.15) is 13.2 Å². The van der Waals surface area contributed by atoms with E-state index < -0.39 is 12.7 Å². The predicted molar refractivity (Wildman–Crippen MR) is 123 cm³/mol. The fraction of sp³-hybridized carbons (Fsp3) is 0.650. The van der Waals surface area contributed by atoms with Gasteiger partial charge in [0.25, 0.3) is 0 Å². The van der Waals surface area contributed by atoms with Crippen molar-refractivity contribution in [3.63, 3.8) is 0 Å². The number of halogens is 4. The molecule has 1 aromatic rings. The summed E-state index contributed by atoms with van der Waals surface area (Å²) >= 11 is 0. The lowest BCUT2D eigenvalue weighted by Gasteiger charge is -2.24. The first kappa shape index (κ1) is 26.6. The first-order valence-corrected chi connectivity index (χ1v) is 9.67. The summed E-state index contributed by atoms with van der Waals surface area (Å²) in [6.07, 6.45) is -2.58. The first-order valence-electron chi connectivity index (χ1n) is 9.67. The van der Waals surface area contributed by atoms with E-state index in [0.29, 0.717) is 31.1 Å². The number of guanidine groups is 1. The summed E-state index contributed by atoms with van der Waals surface area (Å²) in [5.74, 6) is 2.31. The zero-order chi connectivity index (χ0) is 21.4. The molecule has 0 bridgehead atoms. The smallest absolute Gasteiger partial charge is 0.401 e. The monoisotopic (exact) mass is 544 g/mol. The van der Waals surface area contributed by atoms with Gasteiger partial charge in [-0.25, -0.2) is 0 Å². The van der Waals surface area contributed by atoms with Gasteiger partial charge in [0.1, 0.15) is 0 Å². The minimum Gasteiger partial charge on any atom is -0.493 e. The molecular formula is C20H32F3IN4O2. The Balaban J connectivity index is 0.00000450. The summed E-state index contributed by atoms with van der Waals surface area (Å²) in [6, 6.07) is 5.84. The van der Waals surface area contributed by atoms with E-state index in [1.807, 2.05) is 30.1 Å². The second kappa shape index (κ2) is 12.4. The second-order valence-electron chi connectivity index (χ2n) is 7.29. The molecule has 1 heterocycles. The molecule has 6 nitrogen and oxygen atoms in total. The predicted octanol–water partition coefficient (Wildman–Crippen LogP) is 3.26. The molecule has 0 amide bonds. The van der Waals surface area contributed by atoms with Crippen LogP contribution in [-0.4, -0.2) is 83.0 Å². The van der Waals surface area contributed by atoms with Gasteiger partial charge in [0.15, 0.2) is 17.5 Å². The molecule has 0 radical (unpaired) electrons. The molecule has 1 saturated heterocycles. The number of aliphatic imine (C=N–C) groups is 1. The highest BCUT2D eigenvalue weighted by atomic mass is 127. The van der Waals surface area contributed by atoms with Gasteiger partial charge in [-0.3, -0.25) is 9.89 Å². The van der Waals surface area contributed by atoms with E-state index >= 15 is 0 Å². The molecule has 0 saturated carbocycles. The number of nitrogens with zero attached hydrogens (tertiary/aromatic N) is 3. The van der Waals surface area contributed by atoms with E-state index in [9.17, 15) is 13.2 Å². The van der Waals surface area contributed by atoms with Gasteiger partial charge in [-0.1, -0.05) is 6.07 Å². The van der Waals surface area contributed by atoms with E-state index in [1.54, 1.807) is 21.3 Å². The van der Waals surface area contributed by atoms with Gasteiger partial charge < -0.3 is 19.7 Å². The van der Waals surface area contributed by atoms with E-state index in [2.05, 4.69) is 10.3 Å². The topological polar surface area (TPSA) is 49.3 Å². The fourth-order valence-corrected chi connectivity index (χ4v) is 3.54. The third-order valence-electron chi connectivity index (χ3n) is 5.08. The number of hydrogen-bond donors (Lipinski definition) is 1. The highest BCUT2D eigenvalue weighted by Gasteiger charge is 2.34. The van der Waals surface area contributed by atoms with Crippen molar-refractivity contribution < 1.29 is 22.6 Å². The number of benzene rings is 1. The van der Waals surface area contributed by atoms with Gasteiger partial charge in [-0.15, -0.1) is 24.0 Å². The maximum atomic E-state index is 12.5. The number of nitrogens with one attached hydrogen (secondary N) is 1. The maximum Gasteiger partial charge on any atom is 0.401 e. The standard InChI is InChI=1S/C20H31F3N4O2.HI/c1-24-19(25-12-16-8-10-27(13-16)14-20(21,22)23)26(2)9-7-15-5-6-17(28-3)18(11-15)29-4;/h5-6,11,16H,7-10,12-14H2,1-4H3,(H,24,25);1H. The van der Waals surface area contributed by atoms with Crippen molar-refractivity contribution in [2.75, 3.05) is 61.0 Å². The Kier molecular flexibility index (Phi) is 11.0. The Morgan fingerprint density at radius 1 is 1.27 bits per heavy atom. The molecule has 1 fully saturated rings. The zero-order valence-electron chi connectivity index (χ0n) is 18.0. The number of rotatable bonds is 8. The molecule has 0 aliphatic carbocycles. The Morgan fingerprint density at radius 2 is 1.97 bits per heavy atom. The SMILES string of the molecule is CN=C(NCC1CCN(CC(F)(F)F)C1)N(C)CCc1ccc(OC)c(OC)c1.I. The largest absolute Gasteiger partial charge is 0.493 e. The third-order valence-corrected chi connectivity index (χ3v) is 5.08. The average Bonchev–Trinajstić information content (AvgIpc) is 3.11. The van der Waals surface area contributed by atoms with Gasteiger partial charge in [-0.05, 0) is 43.0 Å². The lowest BCUT2D eigenvalue weighted by Crippen LogP contribution is -2.42. The molecular weight excluding hydrogens is 512 g/mol. The number of methoxy groups -OCH3 is 2. The number of likely N-dealkylation sites (N-methyl/N-ethyl adjacent to an activating group) is 1. The molecule has 30 heavy (non-hydrogen) atoms. The molecule has 10 heteroatoms. The lowest BCUT2D eigenvalue weighted by atomic mass is 10.1. The van der Waals surface area contributed by atoms with E-state index in [0.717, 1.165) is 30.9 Å². The fourth-order valence-electron chi connectivity index (χ4n) is 3.54. The number of likely N-dealkylation sites (tertiary alicyclic amines) is 1. The van der Waals surface area contributed by atoms with Gasteiger partial charge in [0, 0.05) is 33.7 Å². The van der Waals surface area contributed by atoms with Crippen LogP contribution in [0.1, 0.15) is 12.0 Å². The molecule has 2 rings (SSSR count). The Bertz CT molecular complexity index is 689. The van der Waals surface area contributed by atoms with Crippen LogP contribution in [0, 0.1) is 5.92 Å². The summed E-state index contributed by atoms with van der Waals surface area (Å²) < 4.78 is 48.2. The number of ether oxygens (including phenoxy) is 2. The van der Waals surface area contributed by atoms with Crippen molar-refractivity contribution >= 4 is 29.9 Å². The minimum absolute atomic E-state index is 0. The second-order valence-corrected chi connectivity index (χ2v) is 7.29. The summed E-state index contributed by atoms with van der Waals surface area (Å²) in [4.78, 5) is 7.78. The maximum absolute atomic E-state index is 12.5. The Morgan fingerprint density at radius 3 is 2.57 bits per heavy atom. The minimum atomic E-state index is -4.14. The Labute approximate surface area is 193 Å². The average molecular weight is 544 g/mol. The van der Waals surface area contributed by atoms with Crippen LogP contribution in [0.5, 0.6) is 11.5 Å². The van der Waals surface area contributed by atoms with Crippen LogP contribution < -0.4 is 14.8 Å². The van der Waals surface area contributed by atoms with Gasteiger partial charge >= 0.3 is 6.18 Å². The molecule has 1 atom stereocenters. The normalized spacial score (nSPS) is 17.4. The quantitative estimate of drug-likeness (QED) is 0.310. The molecule has 1 unspecified atom stereocenters. The molecule has 1 aliphatic heterocycles. The summed E-state index contributed by atoms with van der Waals surface area (Å²) in [6.45, 7) is 1.46. The third kappa shape index (κ3) is 8.37. The highest BCUT2D eigenvalue weighted by Crippen LogP contribution is 2.27. The van der Waals surface area contributed by atoms with Crippen molar-refractivity contribution in [3.05, 3.63) is 23.8 Å². The van der Waals surface area contributed by atoms with Gasteiger partial charge in [0.2, 0.25) is 0 Å². The van der Waals surface area contributed by atoms with Gasteiger partial charge in [0.05, 0.1) is 20.8 Å².